The molecule has 1 atom stereocenters. The maximum Gasteiger partial charge on any atom is 0.416 e. The number of alkyl halides is 3. The molecule has 1 amide bonds. The SMILES string of the molecule is Cc1cccc(OCC(=O)NCC(O)C(F)(F)F)c1. The number of aryl methyl sites for hydroxylation is 1. The molecule has 2 N–H and O–H groups in total. The second-order valence-electron chi connectivity index (χ2n) is 3.97. The average molecular weight is 277 g/mol. The van der Waals surface area contributed by atoms with Crippen molar-refractivity contribution in [2.24, 2.45) is 0 Å². The Morgan fingerprint density at radius 1 is 1.47 bits per heavy atom. The summed E-state index contributed by atoms with van der Waals surface area (Å²) in [6.07, 6.45) is -7.32. The predicted octanol–water partition coefficient (Wildman–Crippen LogP) is 1.41. The van der Waals surface area contributed by atoms with Gasteiger partial charge in [0.2, 0.25) is 0 Å². The van der Waals surface area contributed by atoms with Crippen LogP contribution in [0.3, 0.4) is 0 Å². The summed E-state index contributed by atoms with van der Waals surface area (Å²) in [5.41, 5.74) is 0.936. The number of nitrogens with one attached hydrogen (secondary N) is 1. The molecule has 1 rings (SSSR count). The van der Waals surface area contributed by atoms with E-state index >= 15 is 0 Å². The number of hydrogen-bond acceptors (Lipinski definition) is 3. The summed E-state index contributed by atoms with van der Waals surface area (Å²) in [7, 11) is 0. The third-order valence-corrected chi connectivity index (χ3v) is 2.23. The van der Waals surface area contributed by atoms with Gasteiger partial charge in [0.05, 0.1) is 6.54 Å². The van der Waals surface area contributed by atoms with E-state index < -0.39 is 31.3 Å². The Bertz CT molecular complexity index is 434. The molecule has 0 fully saturated rings. The van der Waals surface area contributed by atoms with E-state index in [1.165, 1.54) is 0 Å². The molecule has 0 aliphatic carbocycles. The van der Waals surface area contributed by atoms with Gasteiger partial charge in [-0.15, -0.1) is 0 Å². The molecule has 4 nitrogen and oxygen atoms in total. The van der Waals surface area contributed by atoms with Crippen LogP contribution in [-0.2, 0) is 4.79 Å². The summed E-state index contributed by atoms with van der Waals surface area (Å²) in [4.78, 5) is 11.2. The van der Waals surface area contributed by atoms with Crippen molar-refractivity contribution < 1.29 is 27.8 Å². The number of amides is 1. The van der Waals surface area contributed by atoms with E-state index in [1.54, 1.807) is 18.2 Å². The molecule has 0 heterocycles. The minimum absolute atomic E-state index is 0.409. The summed E-state index contributed by atoms with van der Waals surface area (Å²) in [5.74, 6) is -0.281. The maximum absolute atomic E-state index is 12.0. The lowest BCUT2D eigenvalue weighted by atomic mass is 10.2. The molecule has 0 saturated heterocycles. The summed E-state index contributed by atoms with van der Waals surface area (Å²) in [6.45, 7) is 0.542. The number of carbonyl (C=O) groups is 1. The van der Waals surface area contributed by atoms with Crippen molar-refractivity contribution in [3.63, 3.8) is 0 Å². The van der Waals surface area contributed by atoms with Gasteiger partial charge in [0.15, 0.2) is 12.7 Å². The lowest BCUT2D eigenvalue weighted by Gasteiger charge is -2.15. The minimum Gasteiger partial charge on any atom is -0.484 e. The van der Waals surface area contributed by atoms with Crippen molar-refractivity contribution in [3.8, 4) is 5.75 Å². The van der Waals surface area contributed by atoms with E-state index in [2.05, 4.69) is 0 Å². The Morgan fingerprint density at radius 2 is 2.16 bits per heavy atom. The Morgan fingerprint density at radius 3 is 2.74 bits per heavy atom. The zero-order valence-corrected chi connectivity index (χ0v) is 10.2. The molecule has 0 bridgehead atoms. The number of hydrogen-bond donors (Lipinski definition) is 2. The Kier molecular flexibility index (Phi) is 5.17. The number of ether oxygens (including phenoxy) is 1. The van der Waals surface area contributed by atoms with Crippen LogP contribution in [0.4, 0.5) is 13.2 Å². The predicted molar refractivity (Wildman–Crippen MR) is 61.7 cm³/mol. The molecule has 1 aromatic rings. The van der Waals surface area contributed by atoms with Crippen molar-refractivity contribution >= 4 is 5.91 Å². The molecule has 19 heavy (non-hydrogen) atoms. The molecule has 1 aromatic carbocycles. The zero-order valence-electron chi connectivity index (χ0n) is 10.2. The molecule has 0 aliphatic heterocycles. The Hall–Kier alpha value is -1.76. The van der Waals surface area contributed by atoms with Crippen LogP contribution in [0.2, 0.25) is 0 Å². The summed E-state index contributed by atoms with van der Waals surface area (Å²) in [5, 5.41) is 10.6. The van der Waals surface area contributed by atoms with Gasteiger partial charge in [-0.1, -0.05) is 12.1 Å². The average Bonchev–Trinajstić information content (AvgIpc) is 2.32. The molecule has 1 unspecified atom stereocenters. The van der Waals surface area contributed by atoms with Crippen molar-refractivity contribution in [2.75, 3.05) is 13.2 Å². The van der Waals surface area contributed by atoms with Crippen LogP contribution in [0.25, 0.3) is 0 Å². The van der Waals surface area contributed by atoms with Crippen molar-refractivity contribution in [3.05, 3.63) is 29.8 Å². The van der Waals surface area contributed by atoms with Gasteiger partial charge in [0, 0.05) is 0 Å². The highest BCUT2D eigenvalue weighted by atomic mass is 19.4. The van der Waals surface area contributed by atoms with Crippen LogP contribution in [0, 0.1) is 6.92 Å². The molecule has 0 aliphatic rings. The highest BCUT2D eigenvalue weighted by molar-refractivity contribution is 5.77. The lowest BCUT2D eigenvalue weighted by Crippen LogP contribution is -2.42. The molecule has 0 aromatic heterocycles. The lowest BCUT2D eigenvalue weighted by molar-refractivity contribution is -0.201. The van der Waals surface area contributed by atoms with Gasteiger partial charge in [-0.05, 0) is 24.6 Å². The smallest absolute Gasteiger partial charge is 0.416 e. The van der Waals surface area contributed by atoms with Crippen LogP contribution >= 0.6 is 0 Å². The van der Waals surface area contributed by atoms with E-state index in [4.69, 9.17) is 9.84 Å². The van der Waals surface area contributed by atoms with Gasteiger partial charge in [-0.25, -0.2) is 0 Å². The molecule has 0 saturated carbocycles. The third-order valence-electron chi connectivity index (χ3n) is 2.23. The molecule has 0 radical (unpaired) electrons. The van der Waals surface area contributed by atoms with Crippen LogP contribution < -0.4 is 10.1 Å². The standard InChI is InChI=1S/C12H14F3NO3/c1-8-3-2-4-9(5-8)19-7-11(18)16-6-10(17)12(13,14)15/h2-5,10,17H,6-7H2,1H3,(H,16,18). The fourth-order valence-electron chi connectivity index (χ4n) is 1.23. The topological polar surface area (TPSA) is 58.6 Å². The first-order chi connectivity index (χ1) is 8.79. The summed E-state index contributed by atoms with van der Waals surface area (Å²) < 4.78 is 41.0. The highest BCUT2D eigenvalue weighted by Gasteiger charge is 2.38. The van der Waals surface area contributed by atoms with Gasteiger partial charge in [-0.2, -0.15) is 13.2 Å². The monoisotopic (exact) mass is 277 g/mol. The highest BCUT2D eigenvalue weighted by Crippen LogP contribution is 2.19. The van der Waals surface area contributed by atoms with Crippen molar-refractivity contribution in [1.29, 1.82) is 0 Å². The van der Waals surface area contributed by atoms with E-state index in [9.17, 15) is 18.0 Å². The van der Waals surface area contributed by atoms with E-state index in [-0.39, 0.29) is 0 Å². The van der Waals surface area contributed by atoms with E-state index in [0.29, 0.717) is 5.75 Å². The maximum atomic E-state index is 12.0. The third kappa shape index (κ3) is 5.60. The van der Waals surface area contributed by atoms with E-state index in [0.717, 1.165) is 5.56 Å². The minimum atomic E-state index is -4.75. The van der Waals surface area contributed by atoms with E-state index in [1.807, 2.05) is 18.3 Å². The van der Waals surface area contributed by atoms with Gasteiger partial charge in [0.25, 0.3) is 5.91 Å². The normalized spacial score (nSPS) is 12.9. The quantitative estimate of drug-likeness (QED) is 0.855. The van der Waals surface area contributed by atoms with Crippen molar-refractivity contribution in [1.82, 2.24) is 5.32 Å². The first-order valence-electron chi connectivity index (χ1n) is 5.50. The summed E-state index contributed by atoms with van der Waals surface area (Å²) in [6, 6.07) is 6.89. The van der Waals surface area contributed by atoms with Gasteiger partial charge >= 0.3 is 6.18 Å². The second-order valence-corrected chi connectivity index (χ2v) is 3.97. The van der Waals surface area contributed by atoms with Crippen LogP contribution in [0.15, 0.2) is 24.3 Å². The molecular weight excluding hydrogens is 263 g/mol. The Labute approximate surface area is 108 Å². The second kappa shape index (κ2) is 6.42. The largest absolute Gasteiger partial charge is 0.484 e. The van der Waals surface area contributed by atoms with Crippen LogP contribution in [0.5, 0.6) is 5.75 Å². The van der Waals surface area contributed by atoms with Gasteiger partial charge < -0.3 is 15.2 Å². The first-order valence-corrected chi connectivity index (χ1v) is 5.50. The van der Waals surface area contributed by atoms with Gasteiger partial charge in [-0.3, -0.25) is 4.79 Å². The molecule has 106 valence electrons. The number of aliphatic hydroxyl groups excluding tert-OH is 1. The molecule has 7 heteroatoms. The number of aliphatic hydroxyl groups is 1. The number of carbonyl (C=O) groups excluding carboxylic acids is 1. The Balaban J connectivity index is 2.33. The fourth-order valence-corrected chi connectivity index (χ4v) is 1.23. The fraction of sp³-hybridized carbons (Fsp3) is 0.417. The number of halogens is 3. The zero-order chi connectivity index (χ0) is 14.5. The number of rotatable bonds is 5. The molecule has 0 spiro atoms. The van der Waals surface area contributed by atoms with Crippen LogP contribution in [-0.4, -0.2) is 36.4 Å². The summed E-state index contributed by atoms with van der Waals surface area (Å²) >= 11 is 0. The van der Waals surface area contributed by atoms with Crippen molar-refractivity contribution in [2.45, 2.75) is 19.2 Å². The first kappa shape index (κ1) is 15.3. The van der Waals surface area contributed by atoms with Crippen LogP contribution in [0.1, 0.15) is 5.56 Å². The van der Waals surface area contributed by atoms with Gasteiger partial charge in [0.1, 0.15) is 5.75 Å². The molecular formula is C12H14F3NO3. The number of benzene rings is 1.